The maximum atomic E-state index is 10.4. The summed E-state index contributed by atoms with van der Waals surface area (Å²) in [6, 6.07) is 4.94. The molecule has 21 heavy (non-hydrogen) atoms. The largest absolute Gasteiger partial charge is 0.481 e. The van der Waals surface area contributed by atoms with Gasteiger partial charge in [0.05, 0.1) is 7.11 Å². The van der Waals surface area contributed by atoms with E-state index < -0.39 is 6.09 Å². The van der Waals surface area contributed by atoms with Crippen LogP contribution in [0.3, 0.4) is 0 Å². The second-order valence-electron chi connectivity index (χ2n) is 5.43. The normalized spacial score (nSPS) is 15.5. The van der Waals surface area contributed by atoms with Gasteiger partial charge in [0.1, 0.15) is 0 Å². The van der Waals surface area contributed by atoms with Gasteiger partial charge in [0.15, 0.2) is 0 Å². The molecule has 0 radical (unpaired) electrons. The minimum atomic E-state index is -0.989. The number of amides is 1. The molecule has 116 valence electrons. The lowest BCUT2D eigenvalue weighted by Crippen LogP contribution is -2.22. The van der Waals surface area contributed by atoms with Crippen LogP contribution in [0.15, 0.2) is 12.1 Å². The fraction of sp³-hybridized carbons (Fsp3) is 0.600. The number of nitrogens with zero attached hydrogens (tertiary/aromatic N) is 1. The van der Waals surface area contributed by atoms with Gasteiger partial charge in [0, 0.05) is 30.4 Å². The molecule has 0 saturated heterocycles. The number of pyridine rings is 1. The molecule has 6 heteroatoms. The third kappa shape index (κ3) is 5.23. The Balaban J connectivity index is 1.96. The first-order valence-electron chi connectivity index (χ1n) is 7.36. The van der Waals surface area contributed by atoms with Crippen LogP contribution in [0.5, 0.6) is 5.88 Å². The van der Waals surface area contributed by atoms with Gasteiger partial charge < -0.3 is 20.5 Å². The van der Waals surface area contributed by atoms with E-state index >= 15 is 0 Å². The summed E-state index contributed by atoms with van der Waals surface area (Å²) in [5.74, 6) is 0.609. The van der Waals surface area contributed by atoms with Crippen molar-refractivity contribution in [1.29, 1.82) is 0 Å². The van der Waals surface area contributed by atoms with Crippen molar-refractivity contribution in [2.75, 3.05) is 13.7 Å². The molecule has 0 spiro atoms. The van der Waals surface area contributed by atoms with Crippen molar-refractivity contribution in [3.63, 3.8) is 0 Å². The lowest BCUT2D eigenvalue weighted by atomic mass is 10.1. The average Bonchev–Trinajstić information content (AvgIpc) is 3.27. The van der Waals surface area contributed by atoms with E-state index in [0.717, 1.165) is 24.1 Å². The highest BCUT2D eigenvalue weighted by atomic mass is 16.5. The molecule has 0 unspecified atom stereocenters. The molecule has 1 aliphatic carbocycles. The molecule has 6 nitrogen and oxygen atoms in total. The smallest absolute Gasteiger partial charge is 0.404 e. The van der Waals surface area contributed by atoms with Crippen molar-refractivity contribution in [2.24, 2.45) is 0 Å². The number of aryl methyl sites for hydroxylation is 1. The Hall–Kier alpha value is -1.82. The number of nitrogens with one attached hydrogen (secondary N) is 2. The van der Waals surface area contributed by atoms with Crippen LogP contribution in [0.25, 0.3) is 0 Å². The van der Waals surface area contributed by atoms with E-state index in [2.05, 4.69) is 28.6 Å². The fourth-order valence-electron chi connectivity index (χ4n) is 2.23. The Morgan fingerprint density at radius 2 is 2.29 bits per heavy atom. The zero-order valence-electron chi connectivity index (χ0n) is 12.6. The monoisotopic (exact) mass is 293 g/mol. The topological polar surface area (TPSA) is 83.5 Å². The van der Waals surface area contributed by atoms with Crippen LogP contribution in [-0.4, -0.2) is 35.9 Å². The van der Waals surface area contributed by atoms with Crippen LogP contribution in [0.4, 0.5) is 4.79 Å². The van der Waals surface area contributed by atoms with Crippen LogP contribution in [0, 0.1) is 0 Å². The Labute approximate surface area is 124 Å². The van der Waals surface area contributed by atoms with Crippen LogP contribution in [-0.2, 0) is 6.42 Å². The van der Waals surface area contributed by atoms with Crippen LogP contribution < -0.4 is 15.4 Å². The summed E-state index contributed by atoms with van der Waals surface area (Å²) < 4.78 is 5.26. The van der Waals surface area contributed by atoms with E-state index in [1.165, 1.54) is 12.8 Å². The molecule has 0 aromatic carbocycles. The van der Waals surface area contributed by atoms with E-state index in [1.807, 2.05) is 6.07 Å². The molecule has 3 N–H and O–H groups in total. The molecule has 1 aromatic heterocycles. The summed E-state index contributed by atoms with van der Waals surface area (Å²) in [6.07, 6.45) is 2.95. The zero-order valence-corrected chi connectivity index (χ0v) is 12.6. The van der Waals surface area contributed by atoms with Crippen LogP contribution >= 0.6 is 0 Å². The average molecular weight is 293 g/mol. The summed E-state index contributed by atoms with van der Waals surface area (Å²) in [4.78, 5) is 14.8. The van der Waals surface area contributed by atoms with Crippen molar-refractivity contribution in [3.05, 3.63) is 23.4 Å². The van der Waals surface area contributed by atoms with E-state index in [4.69, 9.17) is 9.84 Å². The van der Waals surface area contributed by atoms with Crippen molar-refractivity contribution in [3.8, 4) is 5.88 Å². The summed E-state index contributed by atoms with van der Waals surface area (Å²) >= 11 is 0. The summed E-state index contributed by atoms with van der Waals surface area (Å²) in [5, 5.41) is 14.5. The summed E-state index contributed by atoms with van der Waals surface area (Å²) in [7, 11) is 1.61. The summed E-state index contributed by atoms with van der Waals surface area (Å²) in [5.41, 5.74) is 2.09. The van der Waals surface area contributed by atoms with E-state index in [1.54, 1.807) is 7.11 Å². The van der Waals surface area contributed by atoms with Gasteiger partial charge >= 0.3 is 6.09 Å². The maximum Gasteiger partial charge on any atom is 0.404 e. The molecule has 1 amide bonds. The number of methoxy groups -OCH3 is 1. The number of ether oxygens (including phenoxy) is 1. The lowest BCUT2D eigenvalue weighted by Gasteiger charge is -2.16. The van der Waals surface area contributed by atoms with E-state index in [-0.39, 0.29) is 6.04 Å². The maximum absolute atomic E-state index is 10.4. The highest BCUT2D eigenvalue weighted by Crippen LogP contribution is 2.25. The Bertz CT molecular complexity index is 489. The van der Waals surface area contributed by atoms with Gasteiger partial charge in [-0.05, 0) is 44.2 Å². The molecule has 1 fully saturated rings. The summed E-state index contributed by atoms with van der Waals surface area (Å²) in [6.45, 7) is 2.57. The fourth-order valence-corrected chi connectivity index (χ4v) is 2.23. The minimum absolute atomic E-state index is 0.269. The quantitative estimate of drug-likeness (QED) is 0.639. The third-order valence-corrected chi connectivity index (χ3v) is 3.54. The molecular weight excluding hydrogens is 270 g/mol. The van der Waals surface area contributed by atoms with Gasteiger partial charge in [0.25, 0.3) is 0 Å². The van der Waals surface area contributed by atoms with Gasteiger partial charge in [-0.3, -0.25) is 0 Å². The number of carboxylic acid groups (broad SMARTS) is 1. The molecule has 1 heterocycles. The molecule has 2 rings (SSSR count). The second-order valence-corrected chi connectivity index (χ2v) is 5.43. The van der Waals surface area contributed by atoms with Crippen molar-refractivity contribution >= 4 is 6.09 Å². The van der Waals surface area contributed by atoms with Gasteiger partial charge in [0.2, 0.25) is 5.88 Å². The zero-order chi connectivity index (χ0) is 15.2. The molecule has 0 aliphatic heterocycles. The van der Waals surface area contributed by atoms with Gasteiger partial charge in [-0.1, -0.05) is 0 Å². The molecule has 1 aromatic rings. The Kier molecular flexibility index (Phi) is 5.38. The highest BCUT2D eigenvalue weighted by molar-refractivity contribution is 5.64. The van der Waals surface area contributed by atoms with E-state index in [0.29, 0.717) is 18.5 Å². The molecule has 1 aliphatic rings. The Morgan fingerprint density at radius 3 is 2.90 bits per heavy atom. The van der Waals surface area contributed by atoms with Crippen LogP contribution in [0.2, 0.25) is 0 Å². The minimum Gasteiger partial charge on any atom is -0.481 e. The number of carbonyl (C=O) groups is 1. The van der Waals surface area contributed by atoms with Gasteiger partial charge in [-0.25, -0.2) is 9.78 Å². The van der Waals surface area contributed by atoms with Gasteiger partial charge in [-0.2, -0.15) is 0 Å². The third-order valence-electron chi connectivity index (χ3n) is 3.54. The molecule has 1 atom stereocenters. The van der Waals surface area contributed by atoms with Crippen LogP contribution in [0.1, 0.15) is 43.5 Å². The van der Waals surface area contributed by atoms with Crippen molar-refractivity contribution in [1.82, 2.24) is 15.6 Å². The molecule has 1 saturated carbocycles. The number of aromatic nitrogens is 1. The van der Waals surface area contributed by atoms with Crippen molar-refractivity contribution < 1.29 is 14.6 Å². The SMILES string of the molecule is COc1cc([C@@H](C)NC2CC2)cc(CCCNC(=O)O)n1. The predicted octanol–water partition coefficient (Wildman–Crippen LogP) is 2.10. The first-order chi connectivity index (χ1) is 10.1. The number of hydrogen-bond acceptors (Lipinski definition) is 4. The number of hydrogen-bond donors (Lipinski definition) is 3. The highest BCUT2D eigenvalue weighted by Gasteiger charge is 2.23. The standard InChI is InChI=1S/C15H23N3O3/c1-10(17-12-5-6-12)11-8-13(18-14(9-11)21-2)4-3-7-16-15(19)20/h8-10,12,16-17H,3-7H2,1-2H3,(H,19,20)/t10-/m1/s1. The number of rotatable bonds is 8. The lowest BCUT2D eigenvalue weighted by molar-refractivity contribution is 0.194. The van der Waals surface area contributed by atoms with Gasteiger partial charge in [-0.15, -0.1) is 0 Å². The molecule has 0 bridgehead atoms. The molecular formula is C15H23N3O3. The predicted molar refractivity (Wildman–Crippen MR) is 79.7 cm³/mol. The second kappa shape index (κ2) is 7.26. The van der Waals surface area contributed by atoms with Crippen molar-refractivity contribution in [2.45, 2.75) is 44.7 Å². The first kappa shape index (κ1) is 15.6. The van der Waals surface area contributed by atoms with E-state index in [9.17, 15) is 4.79 Å². The first-order valence-corrected chi connectivity index (χ1v) is 7.36. The Morgan fingerprint density at radius 1 is 1.52 bits per heavy atom.